The van der Waals surface area contributed by atoms with Crippen molar-refractivity contribution in [3.8, 4) is 0 Å². The maximum absolute atomic E-state index is 9.37. The van der Waals surface area contributed by atoms with Crippen LogP contribution in [0.3, 0.4) is 0 Å². The summed E-state index contributed by atoms with van der Waals surface area (Å²) in [6.07, 6.45) is 5.17. The lowest BCUT2D eigenvalue weighted by Gasteiger charge is -1.58. The van der Waals surface area contributed by atoms with Gasteiger partial charge in [-0.3, -0.25) is 0 Å². The van der Waals surface area contributed by atoms with Crippen molar-refractivity contribution in [3.63, 3.8) is 0 Å². The average Bonchev–Trinajstić information content (AvgIpc) is 1.69. The molecule has 0 saturated carbocycles. The molecule has 0 saturated heterocycles. The van der Waals surface area contributed by atoms with Crippen LogP contribution in [0.5, 0.6) is 0 Å². The van der Waals surface area contributed by atoms with E-state index < -0.39 is 0 Å². The first-order valence-corrected chi connectivity index (χ1v) is 1.78. The molecule has 36 valence electrons. The van der Waals surface area contributed by atoms with Crippen LogP contribution < -0.4 is 0 Å². The third-order valence-corrected chi connectivity index (χ3v) is 0.372. The highest BCUT2D eigenvalue weighted by molar-refractivity contribution is 5.69. The molecule has 0 unspecified atom stereocenters. The van der Waals surface area contributed by atoms with E-state index in [1.165, 1.54) is 24.2 Å². The molecule has 0 aromatic carbocycles. The fourth-order valence-corrected chi connectivity index (χ4v) is 0.150. The van der Waals surface area contributed by atoms with E-state index >= 15 is 0 Å². The second kappa shape index (κ2) is 4.86. The standard InChI is InChI=1S/C5H5NO/c6-4-2-1-3-5-7/h1-4,6H/b2-1+,6-4?. The summed E-state index contributed by atoms with van der Waals surface area (Å²) in [4.78, 5) is 9.37. The largest absolute Gasteiger partial charge is 0.309 e. The van der Waals surface area contributed by atoms with Crippen LogP contribution >= 0.6 is 0 Å². The zero-order valence-electron chi connectivity index (χ0n) is 3.72. The summed E-state index contributed by atoms with van der Waals surface area (Å²) < 4.78 is 0. The third-order valence-electron chi connectivity index (χ3n) is 0.372. The van der Waals surface area contributed by atoms with Crippen molar-refractivity contribution in [2.75, 3.05) is 0 Å². The molecule has 1 N–H and O–H groups in total. The highest BCUT2D eigenvalue weighted by Crippen LogP contribution is 1.62. The monoisotopic (exact) mass is 95.0 g/mol. The molecule has 0 radical (unpaired) electrons. The first-order valence-electron chi connectivity index (χ1n) is 1.78. The van der Waals surface area contributed by atoms with Crippen molar-refractivity contribution in [3.05, 3.63) is 18.2 Å². The van der Waals surface area contributed by atoms with E-state index in [9.17, 15) is 4.79 Å². The average molecular weight is 95.1 g/mol. The quantitative estimate of drug-likeness (QED) is 0.304. The van der Waals surface area contributed by atoms with Gasteiger partial charge >= 0.3 is 0 Å². The number of carbonyl (C=O) groups excluding carboxylic acids is 1. The molecule has 0 aliphatic heterocycles. The van der Waals surface area contributed by atoms with Crippen LogP contribution in [0.25, 0.3) is 0 Å². The van der Waals surface area contributed by atoms with E-state index in [1.54, 1.807) is 0 Å². The van der Waals surface area contributed by atoms with Crippen molar-refractivity contribution in [2.45, 2.75) is 0 Å². The Bertz CT molecular complexity index is 120. The molecule has 0 fully saturated rings. The highest BCUT2D eigenvalue weighted by Gasteiger charge is 1.54. The van der Waals surface area contributed by atoms with Crippen molar-refractivity contribution in [2.24, 2.45) is 0 Å². The van der Waals surface area contributed by atoms with Gasteiger partial charge in [-0.25, -0.2) is 4.79 Å². The third kappa shape index (κ3) is 4.86. The predicted molar refractivity (Wildman–Crippen MR) is 28.2 cm³/mol. The molecule has 0 amide bonds. The second-order valence-electron chi connectivity index (χ2n) is 0.836. The molecule has 0 aromatic rings. The van der Waals surface area contributed by atoms with Gasteiger partial charge in [0.25, 0.3) is 0 Å². The summed E-state index contributed by atoms with van der Waals surface area (Å²) >= 11 is 0. The summed E-state index contributed by atoms with van der Waals surface area (Å²) in [5.41, 5.74) is 0. The normalized spacial score (nSPS) is 8.00. The summed E-state index contributed by atoms with van der Waals surface area (Å²) in [5.74, 6) is 1.54. The minimum atomic E-state index is 1.09. The van der Waals surface area contributed by atoms with Crippen LogP contribution in [-0.4, -0.2) is 12.2 Å². The first kappa shape index (κ1) is 5.86. The van der Waals surface area contributed by atoms with Gasteiger partial charge in [0.1, 0.15) is 5.94 Å². The number of nitrogens with one attached hydrogen (secondary N) is 1. The smallest absolute Gasteiger partial charge is 0.124 e. The Morgan fingerprint density at radius 2 is 2.14 bits per heavy atom. The number of hydrogen-bond donors (Lipinski definition) is 1. The number of rotatable bonds is 2. The van der Waals surface area contributed by atoms with E-state index in [-0.39, 0.29) is 0 Å². The lowest BCUT2D eigenvalue weighted by Crippen LogP contribution is -1.53. The molecule has 2 heteroatoms. The topological polar surface area (TPSA) is 40.9 Å². The van der Waals surface area contributed by atoms with Crippen LogP contribution in [0.1, 0.15) is 0 Å². The molecule has 0 aliphatic carbocycles. The Kier molecular flexibility index (Phi) is 4.07. The van der Waals surface area contributed by atoms with Crippen molar-refractivity contribution >= 4 is 12.2 Å². The maximum atomic E-state index is 9.37. The zero-order valence-corrected chi connectivity index (χ0v) is 3.72. The lowest BCUT2D eigenvalue weighted by atomic mass is 10.5. The Balaban J connectivity index is 3.47. The van der Waals surface area contributed by atoms with E-state index in [0.29, 0.717) is 0 Å². The Morgan fingerprint density at radius 1 is 1.43 bits per heavy atom. The summed E-state index contributed by atoms with van der Waals surface area (Å²) in [7, 11) is 0. The van der Waals surface area contributed by atoms with Crippen LogP contribution in [0.15, 0.2) is 18.2 Å². The van der Waals surface area contributed by atoms with Gasteiger partial charge in [0.2, 0.25) is 0 Å². The van der Waals surface area contributed by atoms with Gasteiger partial charge in [-0.05, 0) is 12.2 Å². The Morgan fingerprint density at radius 3 is 2.57 bits per heavy atom. The molecule has 0 heterocycles. The highest BCUT2D eigenvalue weighted by atomic mass is 16.1. The summed E-state index contributed by atoms with van der Waals surface area (Å²) in [6.45, 7) is 0. The molecule has 0 atom stereocenters. The van der Waals surface area contributed by atoms with Crippen LogP contribution in [-0.2, 0) is 4.79 Å². The van der Waals surface area contributed by atoms with Gasteiger partial charge in [-0.2, -0.15) is 0 Å². The summed E-state index contributed by atoms with van der Waals surface area (Å²) in [5, 5.41) is 6.42. The molecule has 0 spiro atoms. The SMILES string of the molecule is N=C/C=C/C=C=O. The van der Waals surface area contributed by atoms with Gasteiger partial charge in [-0.1, -0.05) is 0 Å². The fourth-order valence-electron chi connectivity index (χ4n) is 0.150. The molecule has 0 bridgehead atoms. The molecule has 0 aliphatic rings. The molecule has 7 heavy (non-hydrogen) atoms. The minimum absolute atomic E-state index is 1.09. The van der Waals surface area contributed by atoms with Crippen molar-refractivity contribution in [1.82, 2.24) is 0 Å². The predicted octanol–water partition coefficient (Wildman–Crippen LogP) is 0.580. The van der Waals surface area contributed by atoms with Crippen LogP contribution in [0.2, 0.25) is 0 Å². The van der Waals surface area contributed by atoms with Gasteiger partial charge in [0, 0.05) is 12.3 Å². The Labute approximate surface area is 41.7 Å². The van der Waals surface area contributed by atoms with E-state index in [4.69, 9.17) is 5.41 Å². The zero-order chi connectivity index (χ0) is 5.54. The van der Waals surface area contributed by atoms with Crippen molar-refractivity contribution in [1.29, 1.82) is 5.41 Å². The number of allylic oxidation sites excluding steroid dienone is 3. The maximum Gasteiger partial charge on any atom is 0.124 e. The van der Waals surface area contributed by atoms with Gasteiger partial charge in [0.15, 0.2) is 0 Å². The lowest BCUT2D eigenvalue weighted by molar-refractivity contribution is 0.569. The van der Waals surface area contributed by atoms with Crippen molar-refractivity contribution < 1.29 is 4.79 Å². The first-order chi connectivity index (χ1) is 3.41. The van der Waals surface area contributed by atoms with Gasteiger partial charge in [0.05, 0.1) is 0 Å². The van der Waals surface area contributed by atoms with Crippen LogP contribution in [0, 0.1) is 5.41 Å². The van der Waals surface area contributed by atoms with Gasteiger partial charge < -0.3 is 5.41 Å². The molecular weight excluding hydrogens is 90.1 g/mol. The van der Waals surface area contributed by atoms with Gasteiger partial charge in [-0.15, -0.1) is 0 Å². The van der Waals surface area contributed by atoms with E-state index in [0.717, 1.165) is 6.21 Å². The molecular formula is C5H5NO. The minimum Gasteiger partial charge on any atom is -0.309 e. The number of hydrogen-bond acceptors (Lipinski definition) is 2. The summed E-state index contributed by atoms with van der Waals surface area (Å²) in [6, 6.07) is 0. The van der Waals surface area contributed by atoms with Crippen LogP contribution in [0.4, 0.5) is 0 Å². The molecule has 2 nitrogen and oxygen atoms in total. The second-order valence-corrected chi connectivity index (χ2v) is 0.836. The Hall–Kier alpha value is -1.14. The van der Waals surface area contributed by atoms with E-state index in [2.05, 4.69) is 0 Å². The fraction of sp³-hybridized carbons (Fsp3) is 0. The molecule has 0 rings (SSSR count). The van der Waals surface area contributed by atoms with E-state index in [1.807, 2.05) is 0 Å². The molecule has 0 aromatic heterocycles.